The van der Waals surface area contributed by atoms with Gasteiger partial charge in [-0.15, -0.1) is 0 Å². The highest BCUT2D eigenvalue weighted by molar-refractivity contribution is 6.01. The van der Waals surface area contributed by atoms with Crippen LogP contribution in [-0.4, -0.2) is 99.7 Å². The van der Waals surface area contributed by atoms with Crippen molar-refractivity contribution in [1.82, 2.24) is 34.8 Å². The van der Waals surface area contributed by atoms with Gasteiger partial charge in [0.05, 0.1) is 13.3 Å². The number of aromatic amines is 1. The Balaban J connectivity index is 0.916. The van der Waals surface area contributed by atoms with Crippen molar-refractivity contribution in [3.8, 4) is 16.9 Å². The number of urea groups is 1. The molecule has 0 radical (unpaired) electrons. The standard InChI is InChI=1S/C38H44F2N8O5/c1-45-20-28(27-19-41-44-35(27)37(45)51)23-16-30(39)29(33(17-23)53-3)21-47-12-10-25(11-13-47)46(2)38(52)48-14-8-22(9-15-48)26-5-4-24(18-31(26)40)42-32-6-7-34(49)43-36(32)50/h4-5,16-20,22,25,32,42H,6-15,21H2,1-3H3,(H,41,44)(H,43,49,50). The van der Waals surface area contributed by atoms with Crippen molar-refractivity contribution in [3.63, 3.8) is 0 Å². The number of methoxy groups -OCH3 is 1. The first-order valence-corrected chi connectivity index (χ1v) is 18.0. The van der Waals surface area contributed by atoms with Crippen LogP contribution < -0.4 is 20.9 Å². The van der Waals surface area contributed by atoms with Gasteiger partial charge in [0.25, 0.3) is 5.56 Å². The predicted octanol–water partition coefficient (Wildman–Crippen LogP) is 4.33. The number of pyridine rings is 1. The van der Waals surface area contributed by atoms with Gasteiger partial charge in [0, 0.05) is 87.7 Å². The van der Waals surface area contributed by atoms with Crippen LogP contribution in [0.5, 0.6) is 5.75 Å². The van der Waals surface area contributed by atoms with Crippen LogP contribution in [0.3, 0.4) is 0 Å². The number of H-pyrrole nitrogens is 1. The summed E-state index contributed by atoms with van der Waals surface area (Å²) in [5, 5.41) is 12.7. The van der Waals surface area contributed by atoms with Crippen LogP contribution in [0.2, 0.25) is 0 Å². The van der Waals surface area contributed by atoms with Gasteiger partial charge < -0.3 is 24.4 Å². The molecule has 2 aromatic carbocycles. The Labute approximate surface area is 305 Å². The number of ether oxygens (including phenoxy) is 1. The lowest BCUT2D eigenvalue weighted by Crippen LogP contribution is -2.51. The quantitative estimate of drug-likeness (QED) is 0.228. The topological polar surface area (TPSA) is 145 Å². The van der Waals surface area contributed by atoms with Crippen molar-refractivity contribution in [1.29, 1.82) is 0 Å². The lowest BCUT2D eigenvalue weighted by Gasteiger charge is -2.40. The van der Waals surface area contributed by atoms with E-state index >= 15 is 8.78 Å². The molecule has 3 aliphatic heterocycles. The van der Waals surface area contributed by atoms with Gasteiger partial charge in [0.2, 0.25) is 11.8 Å². The Hall–Kier alpha value is -5.31. The van der Waals surface area contributed by atoms with Crippen molar-refractivity contribution in [2.75, 3.05) is 45.7 Å². The third kappa shape index (κ3) is 7.34. The highest BCUT2D eigenvalue weighted by Crippen LogP contribution is 2.35. The minimum Gasteiger partial charge on any atom is -0.496 e. The van der Waals surface area contributed by atoms with E-state index in [2.05, 4.69) is 25.7 Å². The van der Waals surface area contributed by atoms with Crippen LogP contribution in [0.4, 0.5) is 19.3 Å². The number of aryl methyl sites for hydroxylation is 1. The molecule has 3 fully saturated rings. The summed E-state index contributed by atoms with van der Waals surface area (Å²) in [5.74, 6) is -1.08. The first-order valence-electron chi connectivity index (χ1n) is 18.0. The SMILES string of the molecule is COc1cc(-c2cn(C)c(=O)c3[nH]ncc23)cc(F)c1CN1CCC(N(C)C(=O)N2CCC(c3ccc(NC4CCC(=O)NC4=O)cc3F)CC2)CC1. The van der Waals surface area contributed by atoms with Crippen molar-refractivity contribution in [3.05, 3.63) is 75.8 Å². The molecule has 13 nitrogen and oxygen atoms in total. The predicted molar refractivity (Wildman–Crippen MR) is 194 cm³/mol. The molecule has 7 rings (SSSR count). The van der Waals surface area contributed by atoms with E-state index in [0.717, 1.165) is 12.8 Å². The Morgan fingerprint density at radius 3 is 2.47 bits per heavy atom. The minimum atomic E-state index is -0.587. The summed E-state index contributed by atoms with van der Waals surface area (Å²) in [6.45, 7) is 2.75. The number of amides is 4. The Morgan fingerprint density at radius 2 is 1.77 bits per heavy atom. The highest BCUT2D eigenvalue weighted by Gasteiger charge is 2.32. The summed E-state index contributed by atoms with van der Waals surface area (Å²) in [5.41, 5.74) is 2.91. The van der Waals surface area contributed by atoms with Gasteiger partial charge in [0.15, 0.2) is 0 Å². The van der Waals surface area contributed by atoms with Crippen LogP contribution in [0.25, 0.3) is 22.0 Å². The fraction of sp³-hybridized carbons (Fsp3) is 0.447. The molecule has 0 spiro atoms. The number of piperidine rings is 3. The van der Waals surface area contributed by atoms with Gasteiger partial charge >= 0.3 is 6.03 Å². The zero-order valence-electron chi connectivity index (χ0n) is 30.1. The maximum atomic E-state index is 15.7. The molecule has 1 atom stereocenters. The van der Waals surface area contributed by atoms with E-state index in [1.54, 1.807) is 37.6 Å². The lowest BCUT2D eigenvalue weighted by molar-refractivity contribution is -0.133. The van der Waals surface area contributed by atoms with E-state index in [0.29, 0.717) is 96.6 Å². The van der Waals surface area contributed by atoms with Crippen LogP contribution in [0, 0.1) is 11.6 Å². The van der Waals surface area contributed by atoms with E-state index in [1.165, 1.54) is 23.8 Å². The monoisotopic (exact) mass is 730 g/mol. The average molecular weight is 731 g/mol. The molecule has 2 aromatic heterocycles. The second kappa shape index (κ2) is 15.0. The summed E-state index contributed by atoms with van der Waals surface area (Å²) < 4.78 is 38.1. The lowest BCUT2D eigenvalue weighted by atomic mass is 9.89. The number of carbonyl (C=O) groups excluding carboxylic acids is 3. The van der Waals surface area contributed by atoms with Gasteiger partial charge in [-0.3, -0.25) is 29.7 Å². The van der Waals surface area contributed by atoms with Gasteiger partial charge in [-0.25, -0.2) is 13.6 Å². The molecule has 280 valence electrons. The molecule has 3 N–H and O–H groups in total. The van der Waals surface area contributed by atoms with Crippen molar-refractivity contribution in [2.24, 2.45) is 7.05 Å². The molecule has 0 saturated carbocycles. The third-order valence-electron chi connectivity index (χ3n) is 11.0. The molecule has 3 saturated heterocycles. The zero-order valence-corrected chi connectivity index (χ0v) is 30.1. The number of hydrogen-bond donors (Lipinski definition) is 3. The molecule has 0 aliphatic carbocycles. The van der Waals surface area contributed by atoms with Crippen molar-refractivity contribution < 1.29 is 27.9 Å². The highest BCUT2D eigenvalue weighted by atomic mass is 19.1. The molecule has 4 aromatic rings. The number of carbonyl (C=O) groups is 3. The number of nitrogens with one attached hydrogen (secondary N) is 3. The molecular formula is C38H44F2N8O5. The van der Waals surface area contributed by atoms with Gasteiger partial charge in [-0.2, -0.15) is 5.10 Å². The minimum absolute atomic E-state index is 0.0308. The second-order valence-corrected chi connectivity index (χ2v) is 14.3. The number of benzene rings is 2. The number of nitrogens with zero attached hydrogens (tertiary/aromatic N) is 5. The van der Waals surface area contributed by atoms with Crippen LogP contribution >= 0.6 is 0 Å². The van der Waals surface area contributed by atoms with E-state index in [1.807, 2.05) is 16.8 Å². The molecule has 4 amide bonds. The summed E-state index contributed by atoms with van der Waals surface area (Å²) in [7, 11) is 4.99. The number of rotatable bonds is 8. The normalized spacial score (nSPS) is 19.0. The number of aromatic nitrogens is 3. The summed E-state index contributed by atoms with van der Waals surface area (Å²) in [6.07, 6.45) is 6.57. The van der Waals surface area contributed by atoms with E-state index in [4.69, 9.17) is 4.74 Å². The number of halogens is 2. The Morgan fingerprint density at radius 1 is 1.02 bits per heavy atom. The van der Waals surface area contributed by atoms with Gasteiger partial charge in [0.1, 0.15) is 28.9 Å². The van der Waals surface area contributed by atoms with E-state index < -0.39 is 17.8 Å². The Kier molecular flexibility index (Phi) is 10.2. The fourth-order valence-corrected chi connectivity index (χ4v) is 7.91. The van der Waals surface area contributed by atoms with E-state index in [-0.39, 0.29) is 41.7 Å². The van der Waals surface area contributed by atoms with Crippen molar-refractivity contribution >= 4 is 34.4 Å². The number of anilines is 1. The molecule has 5 heterocycles. The maximum absolute atomic E-state index is 15.7. The third-order valence-corrected chi connectivity index (χ3v) is 11.0. The first kappa shape index (κ1) is 36.1. The number of fused-ring (bicyclic) bond motifs is 1. The number of imide groups is 1. The summed E-state index contributed by atoms with van der Waals surface area (Å²) in [4.78, 5) is 55.4. The van der Waals surface area contributed by atoms with Crippen molar-refractivity contribution in [2.45, 2.75) is 63.1 Å². The van der Waals surface area contributed by atoms with Crippen LogP contribution in [0.15, 0.2) is 47.5 Å². The summed E-state index contributed by atoms with van der Waals surface area (Å²) in [6, 6.07) is 7.56. The molecule has 53 heavy (non-hydrogen) atoms. The average Bonchev–Trinajstić information content (AvgIpc) is 3.65. The van der Waals surface area contributed by atoms with Gasteiger partial charge in [-0.05, 0) is 73.4 Å². The first-order chi connectivity index (χ1) is 25.5. The second-order valence-electron chi connectivity index (χ2n) is 14.3. The van der Waals surface area contributed by atoms with Gasteiger partial charge in [-0.1, -0.05) is 6.07 Å². The maximum Gasteiger partial charge on any atom is 0.319 e. The Bertz CT molecular complexity index is 2100. The molecule has 0 bridgehead atoms. The molecule has 1 unspecified atom stereocenters. The molecule has 15 heteroatoms. The smallest absolute Gasteiger partial charge is 0.319 e. The number of likely N-dealkylation sites (tertiary alicyclic amines) is 2. The zero-order chi connectivity index (χ0) is 37.4. The summed E-state index contributed by atoms with van der Waals surface area (Å²) >= 11 is 0. The van der Waals surface area contributed by atoms with Crippen LogP contribution in [0.1, 0.15) is 55.6 Å². The molecule has 3 aliphatic rings. The fourth-order valence-electron chi connectivity index (χ4n) is 7.91. The van der Waals surface area contributed by atoms with E-state index in [9.17, 15) is 19.2 Å². The van der Waals surface area contributed by atoms with Crippen LogP contribution in [-0.2, 0) is 23.2 Å². The largest absolute Gasteiger partial charge is 0.496 e. The molecular weight excluding hydrogens is 686 g/mol. The number of hydrogen-bond acceptors (Lipinski definition) is 8.